The van der Waals surface area contributed by atoms with Crippen molar-refractivity contribution in [3.63, 3.8) is 0 Å². The first-order valence-electron chi connectivity index (χ1n) is 5.34. The van der Waals surface area contributed by atoms with Gasteiger partial charge in [0.2, 0.25) is 0 Å². The first kappa shape index (κ1) is 13.5. The number of hydrogen-bond acceptors (Lipinski definition) is 5. The molecule has 7 heteroatoms. The lowest BCUT2D eigenvalue weighted by Crippen LogP contribution is -2.14. The number of rotatable bonds is 8. The zero-order chi connectivity index (χ0) is 12.7. The van der Waals surface area contributed by atoms with Crippen molar-refractivity contribution in [3.05, 3.63) is 11.9 Å². The fraction of sp³-hybridized carbons (Fsp3) is 0.600. The highest BCUT2D eigenvalue weighted by molar-refractivity contribution is 5.95. The number of nitrogens with two attached hydrogens (primary N) is 2. The number of aromatic nitrogens is 2. The quantitative estimate of drug-likeness (QED) is 0.604. The van der Waals surface area contributed by atoms with Crippen LogP contribution in [0.1, 0.15) is 16.9 Å². The monoisotopic (exact) mass is 242 g/mol. The van der Waals surface area contributed by atoms with E-state index in [0.717, 1.165) is 6.42 Å². The van der Waals surface area contributed by atoms with E-state index in [1.807, 2.05) is 0 Å². The summed E-state index contributed by atoms with van der Waals surface area (Å²) in [6.45, 7) is 2.39. The lowest BCUT2D eigenvalue weighted by atomic mass is 10.4. The highest BCUT2D eigenvalue weighted by atomic mass is 16.5. The molecule has 0 aliphatic rings. The molecule has 1 rings (SSSR count). The summed E-state index contributed by atoms with van der Waals surface area (Å²) in [7, 11) is 1.63. The van der Waals surface area contributed by atoms with Crippen molar-refractivity contribution in [2.75, 3.05) is 32.7 Å². The van der Waals surface area contributed by atoms with Crippen LogP contribution < -0.4 is 11.5 Å². The second-order valence-electron chi connectivity index (χ2n) is 3.52. The average molecular weight is 242 g/mol. The van der Waals surface area contributed by atoms with Gasteiger partial charge in [-0.05, 0) is 6.42 Å². The van der Waals surface area contributed by atoms with Crippen LogP contribution in [0.4, 0.5) is 5.69 Å². The predicted octanol–water partition coefficient (Wildman–Crippen LogP) is -0.383. The van der Waals surface area contributed by atoms with Gasteiger partial charge in [0.15, 0.2) is 5.69 Å². The molecule has 0 radical (unpaired) electrons. The molecule has 1 heterocycles. The summed E-state index contributed by atoms with van der Waals surface area (Å²) in [5.74, 6) is -0.613. The van der Waals surface area contributed by atoms with Gasteiger partial charge in [-0.3, -0.25) is 9.48 Å². The standard InChI is InChI=1S/C10H18N4O3/c1-16-5-6-17-4-2-3-14-7-8(11)9(13-14)10(12)15/h7H,2-6,11H2,1H3,(H2,12,15). The average Bonchev–Trinajstić information content (AvgIpc) is 2.65. The Morgan fingerprint density at radius 1 is 1.47 bits per heavy atom. The van der Waals surface area contributed by atoms with Crippen LogP contribution >= 0.6 is 0 Å². The molecule has 96 valence electrons. The van der Waals surface area contributed by atoms with Crippen molar-refractivity contribution in [1.82, 2.24) is 9.78 Å². The maximum absolute atomic E-state index is 10.9. The summed E-state index contributed by atoms with van der Waals surface area (Å²) >= 11 is 0. The summed E-state index contributed by atoms with van der Waals surface area (Å²) in [5.41, 5.74) is 11.1. The molecule has 4 N–H and O–H groups in total. The summed E-state index contributed by atoms with van der Waals surface area (Å²) in [5, 5.41) is 3.98. The molecule has 1 amide bonds. The predicted molar refractivity (Wildman–Crippen MR) is 62.5 cm³/mol. The molecular formula is C10H18N4O3. The number of hydrogen-bond donors (Lipinski definition) is 2. The van der Waals surface area contributed by atoms with Crippen LogP contribution in [-0.4, -0.2) is 42.6 Å². The van der Waals surface area contributed by atoms with E-state index < -0.39 is 5.91 Å². The number of ether oxygens (including phenoxy) is 2. The Morgan fingerprint density at radius 3 is 2.82 bits per heavy atom. The molecular weight excluding hydrogens is 224 g/mol. The summed E-state index contributed by atoms with van der Waals surface area (Å²) in [6, 6.07) is 0. The van der Waals surface area contributed by atoms with Crippen LogP contribution in [0.2, 0.25) is 0 Å². The van der Waals surface area contributed by atoms with Crippen molar-refractivity contribution < 1.29 is 14.3 Å². The van der Waals surface area contributed by atoms with Gasteiger partial charge in [0.05, 0.1) is 18.9 Å². The van der Waals surface area contributed by atoms with Gasteiger partial charge in [0.1, 0.15) is 0 Å². The van der Waals surface area contributed by atoms with E-state index in [2.05, 4.69) is 5.10 Å². The van der Waals surface area contributed by atoms with Crippen LogP contribution in [-0.2, 0) is 16.0 Å². The molecule has 0 aromatic carbocycles. The lowest BCUT2D eigenvalue weighted by Gasteiger charge is -2.03. The number of primary amides is 1. The van der Waals surface area contributed by atoms with E-state index in [9.17, 15) is 4.79 Å². The normalized spacial score (nSPS) is 10.6. The number of anilines is 1. The van der Waals surface area contributed by atoms with E-state index in [-0.39, 0.29) is 5.69 Å². The fourth-order valence-electron chi connectivity index (χ4n) is 1.32. The third-order valence-corrected chi connectivity index (χ3v) is 2.13. The second kappa shape index (κ2) is 6.87. The molecule has 0 unspecified atom stereocenters. The number of carbonyl (C=O) groups is 1. The van der Waals surface area contributed by atoms with Gasteiger partial charge >= 0.3 is 0 Å². The van der Waals surface area contributed by atoms with E-state index in [1.54, 1.807) is 18.0 Å². The van der Waals surface area contributed by atoms with E-state index in [4.69, 9.17) is 20.9 Å². The van der Waals surface area contributed by atoms with E-state index >= 15 is 0 Å². The van der Waals surface area contributed by atoms with Crippen molar-refractivity contribution >= 4 is 11.6 Å². The zero-order valence-corrected chi connectivity index (χ0v) is 9.89. The van der Waals surface area contributed by atoms with Gasteiger partial charge in [-0.1, -0.05) is 0 Å². The van der Waals surface area contributed by atoms with E-state index in [1.165, 1.54) is 0 Å². The molecule has 0 saturated carbocycles. The summed E-state index contributed by atoms with van der Waals surface area (Å²) < 4.78 is 11.7. The van der Waals surface area contributed by atoms with E-state index in [0.29, 0.717) is 32.1 Å². The van der Waals surface area contributed by atoms with Crippen LogP contribution in [0.25, 0.3) is 0 Å². The zero-order valence-electron chi connectivity index (χ0n) is 9.89. The van der Waals surface area contributed by atoms with Crippen LogP contribution in [0.15, 0.2) is 6.20 Å². The topological polar surface area (TPSA) is 105 Å². The summed E-state index contributed by atoms with van der Waals surface area (Å²) in [6.07, 6.45) is 2.37. The van der Waals surface area contributed by atoms with Gasteiger partial charge in [0.25, 0.3) is 5.91 Å². The third kappa shape index (κ3) is 4.41. The van der Waals surface area contributed by atoms with Crippen LogP contribution in [0.3, 0.4) is 0 Å². The minimum Gasteiger partial charge on any atom is -0.396 e. The Morgan fingerprint density at radius 2 is 2.24 bits per heavy atom. The third-order valence-electron chi connectivity index (χ3n) is 2.13. The van der Waals surface area contributed by atoms with Crippen molar-refractivity contribution in [2.24, 2.45) is 5.73 Å². The lowest BCUT2D eigenvalue weighted by molar-refractivity contribution is 0.0677. The van der Waals surface area contributed by atoms with Crippen molar-refractivity contribution in [3.8, 4) is 0 Å². The highest BCUT2D eigenvalue weighted by Gasteiger charge is 2.10. The first-order valence-corrected chi connectivity index (χ1v) is 5.34. The van der Waals surface area contributed by atoms with Crippen LogP contribution in [0, 0.1) is 0 Å². The number of aryl methyl sites for hydroxylation is 1. The molecule has 1 aromatic heterocycles. The van der Waals surface area contributed by atoms with Gasteiger partial charge in [-0.25, -0.2) is 0 Å². The maximum atomic E-state index is 10.9. The number of nitrogen functional groups attached to an aromatic ring is 1. The number of carbonyl (C=O) groups excluding carboxylic acids is 1. The van der Waals surface area contributed by atoms with Gasteiger partial charge in [0, 0.05) is 26.5 Å². The summed E-state index contributed by atoms with van der Waals surface area (Å²) in [4.78, 5) is 10.9. The maximum Gasteiger partial charge on any atom is 0.271 e. The fourth-order valence-corrected chi connectivity index (χ4v) is 1.32. The molecule has 0 aliphatic carbocycles. The molecule has 1 aromatic rings. The molecule has 0 saturated heterocycles. The van der Waals surface area contributed by atoms with Gasteiger partial charge in [-0.2, -0.15) is 5.10 Å². The number of nitrogens with zero attached hydrogens (tertiary/aromatic N) is 2. The Labute approximate surface area is 99.7 Å². The van der Waals surface area contributed by atoms with Crippen LogP contribution in [0.5, 0.6) is 0 Å². The molecule has 17 heavy (non-hydrogen) atoms. The molecule has 7 nitrogen and oxygen atoms in total. The molecule has 0 fully saturated rings. The Hall–Kier alpha value is -1.60. The van der Waals surface area contributed by atoms with Gasteiger partial charge < -0.3 is 20.9 Å². The van der Waals surface area contributed by atoms with Crippen molar-refractivity contribution in [1.29, 1.82) is 0 Å². The molecule has 0 spiro atoms. The largest absolute Gasteiger partial charge is 0.396 e. The smallest absolute Gasteiger partial charge is 0.271 e. The SMILES string of the molecule is COCCOCCCn1cc(N)c(C(N)=O)n1. The van der Waals surface area contributed by atoms with Gasteiger partial charge in [-0.15, -0.1) is 0 Å². The Bertz CT molecular complexity index is 364. The molecule has 0 atom stereocenters. The minimum absolute atomic E-state index is 0.116. The number of methoxy groups -OCH3 is 1. The minimum atomic E-state index is -0.613. The molecule has 0 bridgehead atoms. The Balaban J connectivity index is 2.27. The molecule has 0 aliphatic heterocycles. The number of amides is 1. The second-order valence-corrected chi connectivity index (χ2v) is 3.52. The van der Waals surface area contributed by atoms with Crippen molar-refractivity contribution in [2.45, 2.75) is 13.0 Å². The first-order chi connectivity index (χ1) is 8.15. The Kier molecular flexibility index (Phi) is 5.44. The highest BCUT2D eigenvalue weighted by Crippen LogP contribution is 2.08.